The molecule has 0 radical (unpaired) electrons. The summed E-state index contributed by atoms with van der Waals surface area (Å²) in [5.41, 5.74) is 10.1. The highest BCUT2D eigenvalue weighted by atomic mass is 16.3. The Balaban J connectivity index is 1.38. The minimum absolute atomic E-state index is 0.624. The molecule has 2 heterocycles. The average molecular weight is 512 g/mol. The lowest BCUT2D eigenvalue weighted by Gasteiger charge is -2.15. The van der Waals surface area contributed by atoms with Crippen molar-refractivity contribution in [3.05, 3.63) is 133 Å². The summed E-state index contributed by atoms with van der Waals surface area (Å²) in [4.78, 5) is 0. The molecule has 8 aromatic rings. The third-order valence-corrected chi connectivity index (χ3v) is 7.74. The fourth-order valence-corrected chi connectivity index (χ4v) is 5.81. The molecule has 6 aromatic carbocycles. The van der Waals surface area contributed by atoms with E-state index >= 15 is 0 Å². The standard InChI is InChI=1S/C37H21NO2/c38-22-26-20-30(25-15-17-37-33(19-25)28-11-5-7-13-35(28)40-37)31(23-8-2-1-3-9-23)21-29(26)24-14-16-36-32(18-24)27-10-4-6-12-34(27)39-36/h1-21H. The molecule has 0 N–H and O–H groups in total. The molecule has 0 saturated carbocycles. The van der Waals surface area contributed by atoms with Crippen LogP contribution in [0.3, 0.4) is 0 Å². The third kappa shape index (κ3) is 3.44. The van der Waals surface area contributed by atoms with Crippen LogP contribution in [-0.2, 0) is 0 Å². The summed E-state index contributed by atoms with van der Waals surface area (Å²) in [6.07, 6.45) is 0. The summed E-state index contributed by atoms with van der Waals surface area (Å²) in [7, 11) is 0. The Bertz CT molecular complexity index is 2280. The highest BCUT2D eigenvalue weighted by Gasteiger charge is 2.17. The van der Waals surface area contributed by atoms with Crippen molar-refractivity contribution in [2.24, 2.45) is 0 Å². The first-order chi connectivity index (χ1) is 19.8. The van der Waals surface area contributed by atoms with E-state index in [-0.39, 0.29) is 0 Å². The van der Waals surface area contributed by atoms with Crippen LogP contribution in [0.25, 0.3) is 77.3 Å². The molecule has 0 unspecified atom stereocenters. The molecule has 0 amide bonds. The van der Waals surface area contributed by atoms with Gasteiger partial charge in [0, 0.05) is 27.1 Å². The summed E-state index contributed by atoms with van der Waals surface area (Å²) in [5.74, 6) is 0. The zero-order valence-corrected chi connectivity index (χ0v) is 21.4. The van der Waals surface area contributed by atoms with Crippen LogP contribution in [0, 0.1) is 11.3 Å². The summed E-state index contributed by atoms with van der Waals surface area (Å²) in [6, 6.07) is 45.6. The molecule has 0 fully saturated rings. The van der Waals surface area contributed by atoms with Gasteiger partial charge in [-0.15, -0.1) is 0 Å². The van der Waals surface area contributed by atoms with Crippen LogP contribution in [-0.4, -0.2) is 0 Å². The quantitative estimate of drug-likeness (QED) is 0.237. The molecule has 2 aromatic heterocycles. The first-order valence-corrected chi connectivity index (χ1v) is 13.2. The van der Waals surface area contributed by atoms with Gasteiger partial charge >= 0.3 is 0 Å². The van der Waals surface area contributed by atoms with Crippen molar-refractivity contribution in [1.82, 2.24) is 0 Å². The molecule has 0 aliphatic rings. The second kappa shape index (κ2) is 8.73. The molecule has 186 valence electrons. The Morgan fingerprint density at radius 3 is 1.50 bits per heavy atom. The number of benzene rings is 6. The van der Waals surface area contributed by atoms with Gasteiger partial charge < -0.3 is 8.83 Å². The summed E-state index contributed by atoms with van der Waals surface area (Å²) in [6.45, 7) is 0. The van der Waals surface area contributed by atoms with E-state index in [1.54, 1.807) is 0 Å². The number of furan rings is 2. The number of nitrogens with zero attached hydrogens (tertiary/aromatic N) is 1. The minimum Gasteiger partial charge on any atom is -0.456 e. The van der Waals surface area contributed by atoms with Crippen molar-refractivity contribution in [2.45, 2.75) is 0 Å². The highest BCUT2D eigenvalue weighted by molar-refractivity contribution is 6.08. The second-order valence-corrected chi connectivity index (χ2v) is 10.0. The van der Waals surface area contributed by atoms with Gasteiger partial charge in [0.2, 0.25) is 0 Å². The summed E-state index contributed by atoms with van der Waals surface area (Å²) >= 11 is 0. The Hall–Kier alpha value is -5.59. The molecule has 0 bridgehead atoms. The van der Waals surface area contributed by atoms with Crippen molar-refractivity contribution in [3.8, 4) is 39.4 Å². The molecule has 0 atom stereocenters. The van der Waals surface area contributed by atoms with Crippen LogP contribution < -0.4 is 0 Å². The van der Waals surface area contributed by atoms with Crippen molar-refractivity contribution in [2.75, 3.05) is 0 Å². The first-order valence-electron chi connectivity index (χ1n) is 13.2. The van der Waals surface area contributed by atoms with Crippen molar-refractivity contribution < 1.29 is 8.83 Å². The number of hydrogen-bond acceptors (Lipinski definition) is 3. The van der Waals surface area contributed by atoms with Crippen LogP contribution in [0.15, 0.2) is 136 Å². The SMILES string of the molecule is N#Cc1cc(-c2ccc3oc4ccccc4c3c2)c(-c2ccccc2)cc1-c1ccc2oc3ccccc3c2c1. The Kier molecular flexibility index (Phi) is 4.89. The predicted molar refractivity (Wildman–Crippen MR) is 162 cm³/mol. The monoisotopic (exact) mass is 511 g/mol. The second-order valence-electron chi connectivity index (χ2n) is 10.0. The topological polar surface area (TPSA) is 50.1 Å². The fourth-order valence-electron chi connectivity index (χ4n) is 5.81. The molecule has 3 heteroatoms. The molecule has 0 spiro atoms. The van der Waals surface area contributed by atoms with Gasteiger partial charge in [0.25, 0.3) is 0 Å². The van der Waals surface area contributed by atoms with E-state index in [1.807, 2.05) is 78.9 Å². The van der Waals surface area contributed by atoms with Crippen molar-refractivity contribution >= 4 is 43.9 Å². The van der Waals surface area contributed by atoms with E-state index in [2.05, 4.69) is 54.6 Å². The molecule has 40 heavy (non-hydrogen) atoms. The smallest absolute Gasteiger partial charge is 0.135 e. The van der Waals surface area contributed by atoms with Gasteiger partial charge in [-0.3, -0.25) is 0 Å². The lowest BCUT2D eigenvalue weighted by molar-refractivity contribution is 0.668. The van der Waals surface area contributed by atoms with Crippen LogP contribution in [0.1, 0.15) is 5.56 Å². The summed E-state index contributed by atoms with van der Waals surface area (Å²) in [5, 5.41) is 14.6. The van der Waals surface area contributed by atoms with E-state index in [4.69, 9.17) is 8.83 Å². The van der Waals surface area contributed by atoms with E-state index < -0.39 is 0 Å². The largest absolute Gasteiger partial charge is 0.456 e. The Morgan fingerprint density at radius 2 is 0.900 bits per heavy atom. The van der Waals surface area contributed by atoms with Gasteiger partial charge in [0.15, 0.2) is 0 Å². The van der Waals surface area contributed by atoms with Gasteiger partial charge in [0.05, 0.1) is 11.6 Å². The molecule has 8 rings (SSSR count). The maximum Gasteiger partial charge on any atom is 0.135 e. The zero-order chi connectivity index (χ0) is 26.6. The van der Waals surface area contributed by atoms with Gasteiger partial charge in [-0.25, -0.2) is 0 Å². The molecule has 0 saturated heterocycles. The number of hydrogen-bond donors (Lipinski definition) is 0. The molecule has 3 nitrogen and oxygen atoms in total. The number of para-hydroxylation sites is 2. The van der Waals surface area contributed by atoms with E-state index in [1.165, 1.54) is 0 Å². The molecule has 0 aliphatic carbocycles. The van der Waals surface area contributed by atoms with E-state index in [9.17, 15) is 5.26 Å². The molecular weight excluding hydrogens is 490 g/mol. The number of nitriles is 1. The predicted octanol–water partition coefficient (Wildman–Crippen LogP) is 10.4. The van der Waals surface area contributed by atoms with Gasteiger partial charge in [0.1, 0.15) is 22.3 Å². The third-order valence-electron chi connectivity index (χ3n) is 7.74. The highest BCUT2D eigenvalue weighted by Crippen LogP contribution is 2.41. The average Bonchev–Trinajstić information content (AvgIpc) is 3.58. The maximum atomic E-state index is 10.4. The minimum atomic E-state index is 0.624. The first kappa shape index (κ1) is 22.4. The lowest BCUT2D eigenvalue weighted by Crippen LogP contribution is -1.92. The van der Waals surface area contributed by atoms with E-state index in [0.29, 0.717) is 5.56 Å². The van der Waals surface area contributed by atoms with Crippen molar-refractivity contribution in [1.29, 1.82) is 5.26 Å². The van der Waals surface area contributed by atoms with Gasteiger partial charge in [-0.05, 0) is 76.3 Å². The van der Waals surface area contributed by atoms with Gasteiger partial charge in [-0.2, -0.15) is 5.26 Å². The lowest BCUT2D eigenvalue weighted by atomic mass is 9.87. The fraction of sp³-hybridized carbons (Fsp3) is 0. The van der Waals surface area contributed by atoms with Crippen LogP contribution in [0.2, 0.25) is 0 Å². The molecule has 0 aliphatic heterocycles. The van der Waals surface area contributed by atoms with Gasteiger partial charge in [-0.1, -0.05) is 78.9 Å². The van der Waals surface area contributed by atoms with Crippen LogP contribution >= 0.6 is 0 Å². The normalized spacial score (nSPS) is 11.5. The zero-order valence-electron chi connectivity index (χ0n) is 21.4. The van der Waals surface area contributed by atoms with Crippen molar-refractivity contribution in [3.63, 3.8) is 0 Å². The molecular formula is C37H21NO2. The maximum absolute atomic E-state index is 10.4. The Labute approximate surface area is 230 Å². The van der Waals surface area contributed by atoms with E-state index in [0.717, 1.165) is 77.3 Å². The number of rotatable bonds is 3. The summed E-state index contributed by atoms with van der Waals surface area (Å²) < 4.78 is 12.1. The number of fused-ring (bicyclic) bond motifs is 6. The van der Waals surface area contributed by atoms with Crippen LogP contribution in [0.5, 0.6) is 0 Å². The van der Waals surface area contributed by atoms with Crippen LogP contribution in [0.4, 0.5) is 0 Å². The Morgan fingerprint density at radius 1 is 0.400 bits per heavy atom.